The van der Waals surface area contributed by atoms with Crippen molar-refractivity contribution < 1.29 is 14.4 Å². The lowest BCUT2D eigenvalue weighted by atomic mass is 9.81. The molecule has 3 atom stereocenters. The van der Waals surface area contributed by atoms with Crippen molar-refractivity contribution >= 4 is 79.9 Å². The fraction of sp³-hybridized carbons (Fsp3) is 0.462. The maximum Gasteiger partial charge on any atom is 0.280 e. The van der Waals surface area contributed by atoms with E-state index in [0.29, 0.717) is 39.5 Å². The van der Waals surface area contributed by atoms with Gasteiger partial charge in [0.05, 0.1) is 16.2 Å². The highest BCUT2D eigenvalue weighted by molar-refractivity contribution is 9.10. The maximum absolute atomic E-state index is 13.4. The molecule has 0 bridgehead atoms. The van der Waals surface area contributed by atoms with Crippen molar-refractivity contribution in [3.63, 3.8) is 0 Å². The molecule has 3 heterocycles. The molecule has 2 aliphatic rings. The largest absolute Gasteiger partial charge is 0.350 e. The Morgan fingerprint density at radius 2 is 1.92 bits per heavy atom. The fourth-order valence-electron chi connectivity index (χ4n) is 5.27. The second-order valence-electron chi connectivity index (χ2n) is 10.3. The van der Waals surface area contributed by atoms with E-state index in [1.165, 1.54) is 11.3 Å². The Kier molecular flexibility index (Phi) is 9.27. The van der Waals surface area contributed by atoms with Crippen LogP contribution in [0.1, 0.15) is 50.1 Å². The molecule has 1 aromatic carbocycles. The average molecular weight is 658 g/mol. The molecule has 0 radical (unpaired) electrons. The zero-order valence-electron chi connectivity index (χ0n) is 21.8. The van der Waals surface area contributed by atoms with Gasteiger partial charge in [0.25, 0.3) is 11.8 Å². The zero-order valence-corrected chi connectivity index (χ0v) is 25.8. The highest BCUT2D eigenvalue weighted by atomic mass is 79.9. The van der Waals surface area contributed by atoms with E-state index in [1.807, 2.05) is 6.07 Å². The molecule has 0 saturated heterocycles. The molecular formula is C26H31BrCl2N6O3S. The van der Waals surface area contributed by atoms with Gasteiger partial charge >= 0.3 is 0 Å². The predicted molar refractivity (Wildman–Crippen MR) is 159 cm³/mol. The number of amides is 3. The summed E-state index contributed by atoms with van der Waals surface area (Å²) in [6.45, 7) is 1.70. The molecule has 39 heavy (non-hydrogen) atoms. The van der Waals surface area contributed by atoms with Crippen LogP contribution >= 0.6 is 51.3 Å². The molecule has 0 spiro atoms. The lowest BCUT2D eigenvalue weighted by Gasteiger charge is -2.37. The molecule has 1 aliphatic carbocycles. The summed E-state index contributed by atoms with van der Waals surface area (Å²) in [7, 11) is 5.53. The monoisotopic (exact) mass is 656 g/mol. The number of likely N-dealkylation sites (N-methyl/N-ethyl adjacent to an activating group) is 1. The van der Waals surface area contributed by atoms with Gasteiger partial charge in [-0.1, -0.05) is 11.6 Å². The Balaban J connectivity index is 0.00000353. The van der Waals surface area contributed by atoms with Gasteiger partial charge in [0.15, 0.2) is 5.01 Å². The third kappa shape index (κ3) is 6.27. The zero-order chi connectivity index (χ0) is 27.1. The molecule has 210 valence electrons. The molecule has 1 fully saturated rings. The minimum atomic E-state index is -0.421. The highest BCUT2D eigenvalue weighted by Crippen LogP contribution is 2.32. The molecule has 3 amide bonds. The van der Waals surface area contributed by atoms with E-state index in [9.17, 15) is 14.4 Å². The highest BCUT2D eigenvalue weighted by Gasteiger charge is 2.37. The van der Waals surface area contributed by atoms with E-state index in [0.717, 1.165) is 41.0 Å². The summed E-state index contributed by atoms with van der Waals surface area (Å²) in [6.07, 6.45) is 2.44. The number of thiazole rings is 1. The number of nitrogens with one attached hydrogen (secondary N) is 3. The topological polar surface area (TPSA) is 110 Å². The van der Waals surface area contributed by atoms with Crippen LogP contribution in [-0.2, 0) is 17.8 Å². The van der Waals surface area contributed by atoms with Crippen LogP contribution in [0.3, 0.4) is 0 Å². The quantitative estimate of drug-likeness (QED) is 0.380. The summed E-state index contributed by atoms with van der Waals surface area (Å²) in [6, 6.07) is 4.61. The average Bonchev–Trinajstić information content (AvgIpc) is 3.45. The van der Waals surface area contributed by atoms with Crippen molar-refractivity contribution in [3.05, 3.63) is 49.0 Å². The SMILES string of the molecule is CN1CCc2nc(C(=O)N[C@@H]3C[C@@H](C(=O)N(C)C)CC[C@@H]3NC(=O)c3[nH]c4ccc(Cl)cc4c3Br)sc2C1.Cl. The predicted octanol–water partition coefficient (Wildman–Crippen LogP) is 4.24. The number of benzene rings is 1. The van der Waals surface area contributed by atoms with Crippen LogP contribution in [0.4, 0.5) is 0 Å². The van der Waals surface area contributed by atoms with Crippen molar-refractivity contribution in [2.24, 2.45) is 5.92 Å². The Bertz CT molecular complexity index is 1410. The minimum Gasteiger partial charge on any atom is -0.350 e. The summed E-state index contributed by atoms with van der Waals surface area (Å²) in [5, 5.41) is 8.02. The van der Waals surface area contributed by atoms with Gasteiger partial charge in [-0.2, -0.15) is 0 Å². The first kappa shape index (κ1) is 29.8. The lowest BCUT2D eigenvalue weighted by molar-refractivity contribution is -0.134. The molecule has 5 rings (SSSR count). The molecular weight excluding hydrogens is 627 g/mol. The Labute approximate surface area is 250 Å². The van der Waals surface area contributed by atoms with E-state index < -0.39 is 6.04 Å². The van der Waals surface area contributed by atoms with Gasteiger partial charge in [0, 0.05) is 66.4 Å². The Hall–Kier alpha value is -2.18. The molecule has 0 unspecified atom stereocenters. The van der Waals surface area contributed by atoms with E-state index in [1.54, 1.807) is 31.1 Å². The number of carbonyl (C=O) groups is 3. The van der Waals surface area contributed by atoms with E-state index in [-0.39, 0.29) is 42.1 Å². The number of rotatable bonds is 5. The normalized spacial score (nSPS) is 21.1. The van der Waals surface area contributed by atoms with Gasteiger partial charge in [-0.3, -0.25) is 14.4 Å². The van der Waals surface area contributed by atoms with Crippen LogP contribution in [0.25, 0.3) is 10.9 Å². The Morgan fingerprint density at radius 1 is 1.18 bits per heavy atom. The summed E-state index contributed by atoms with van der Waals surface area (Å²) in [4.78, 5) is 52.1. The summed E-state index contributed by atoms with van der Waals surface area (Å²) in [5.74, 6) is -0.769. The van der Waals surface area contributed by atoms with Gasteiger partial charge in [-0.05, 0) is 60.4 Å². The van der Waals surface area contributed by atoms with Crippen LogP contribution in [0, 0.1) is 5.92 Å². The van der Waals surface area contributed by atoms with Gasteiger partial charge in [0.1, 0.15) is 5.69 Å². The van der Waals surface area contributed by atoms with Crippen molar-refractivity contribution in [2.75, 3.05) is 27.7 Å². The second-order valence-corrected chi connectivity index (χ2v) is 12.6. The molecule has 3 aromatic rings. The molecule has 3 N–H and O–H groups in total. The number of aromatic nitrogens is 2. The second kappa shape index (κ2) is 12.1. The first-order valence-corrected chi connectivity index (χ1v) is 14.6. The van der Waals surface area contributed by atoms with Gasteiger partial charge < -0.3 is 25.4 Å². The summed E-state index contributed by atoms with van der Waals surface area (Å²) in [5.41, 5.74) is 2.15. The number of fused-ring (bicyclic) bond motifs is 2. The van der Waals surface area contributed by atoms with Gasteiger partial charge in [-0.25, -0.2) is 4.98 Å². The van der Waals surface area contributed by atoms with Crippen LogP contribution < -0.4 is 10.6 Å². The Morgan fingerprint density at radius 3 is 2.67 bits per heavy atom. The number of hydrogen-bond donors (Lipinski definition) is 3. The first-order valence-electron chi connectivity index (χ1n) is 12.6. The molecule has 1 saturated carbocycles. The van der Waals surface area contributed by atoms with Crippen molar-refractivity contribution in [2.45, 2.75) is 44.3 Å². The molecule has 2 aromatic heterocycles. The molecule has 1 aliphatic heterocycles. The summed E-state index contributed by atoms with van der Waals surface area (Å²) >= 11 is 11.1. The third-order valence-corrected chi connectivity index (χ3v) is 9.45. The van der Waals surface area contributed by atoms with Crippen molar-refractivity contribution in [3.8, 4) is 0 Å². The smallest absolute Gasteiger partial charge is 0.280 e. The first-order chi connectivity index (χ1) is 18.1. The van der Waals surface area contributed by atoms with Crippen molar-refractivity contribution in [1.29, 1.82) is 0 Å². The number of halogens is 3. The number of H-pyrrole nitrogens is 1. The third-order valence-electron chi connectivity index (χ3n) is 7.31. The van der Waals surface area contributed by atoms with E-state index in [4.69, 9.17) is 11.6 Å². The number of hydrogen-bond acceptors (Lipinski definition) is 6. The minimum absolute atomic E-state index is 0. The van der Waals surface area contributed by atoms with Crippen LogP contribution in [-0.4, -0.2) is 77.3 Å². The summed E-state index contributed by atoms with van der Waals surface area (Å²) < 4.78 is 0.628. The van der Waals surface area contributed by atoms with Gasteiger partial charge in [-0.15, -0.1) is 23.7 Å². The fourth-order valence-corrected chi connectivity index (χ4v) is 7.14. The lowest BCUT2D eigenvalue weighted by Crippen LogP contribution is -2.56. The standard InChI is InChI=1S/C26H30BrClN6O3S.ClH/c1-33(2)26(37)13-4-6-17(30-23(35)22-21(27)15-11-14(28)5-7-16(15)29-22)19(10-13)31-24(36)25-32-18-8-9-34(3)12-20(18)38-25;/h5,7,11,13,17,19,29H,4,6,8-10,12H2,1-3H3,(H,30,35)(H,31,36);1H/t13-,17-,19+;/m0./s1. The van der Waals surface area contributed by atoms with E-state index >= 15 is 0 Å². The van der Waals surface area contributed by atoms with Gasteiger partial charge in [0.2, 0.25) is 5.91 Å². The molecule has 13 heteroatoms. The van der Waals surface area contributed by atoms with Crippen LogP contribution in [0.15, 0.2) is 22.7 Å². The van der Waals surface area contributed by atoms with Crippen molar-refractivity contribution in [1.82, 2.24) is 30.4 Å². The molecule has 9 nitrogen and oxygen atoms in total. The number of nitrogens with zero attached hydrogens (tertiary/aromatic N) is 3. The number of aromatic amines is 1. The van der Waals surface area contributed by atoms with E-state index in [2.05, 4.69) is 48.5 Å². The van der Waals surface area contributed by atoms with Crippen LogP contribution in [0.5, 0.6) is 0 Å². The van der Waals surface area contributed by atoms with Crippen LogP contribution in [0.2, 0.25) is 5.02 Å². The maximum atomic E-state index is 13.4. The number of carbonyl (C=O) groups excluding carboxylic acids is 3.